The van der Waals surface area contributed by atoms with Gasteiger partial charge >= 0.3 is 0 Å². The van der Waals surface area contributed by atoms with Gasteiger partial charge in [-0.3, -0.25) is 0 Å². The van der Waals surface area contributed by atoms with Gasteiger partial charge in [0.25, 0.3) is 0 Å². The minimum atomic E-state index is 0.459. The Labute approximate surface area is 89.6 Å². The number of nitrogen functional groups attached to an aromatic ring is 1. The highest BCUT2D eigenvalue weighted by atomic mass is 15.2. The van der Waals surface area contributed by atoms with Crippen molar-refractivity contribution < 1.29 is 0 Å². The maximum atomic E-state index is 5.46. The zero-order valence-electron chi connectivity index (χ0n) is 8.69. The van der Waals surface area contributed by atoms with Gasteiger partial charge < -0.3 is 11.1 Å². The molecule has 0 radical (unpaired) electrons. The van der Waals surface area contributed by atoms with Crippen LogP contribution < -0.4 is 11.1 Å². The van der Waals surface area contributed by atoms with Gasteiger partial charge in [-0.1, -0.05) is 12.2 Å². The first-order valence-electron chi connectivity index (χ1n) is 5.32. The van der Waals surface area contributed by atoms with Gasteiger partial charge in [0.05, 0.1) is 0 Å². The molecule has 0 aromatic carbocycles. The van der Waals surface area contributed by atoms with Crippen molar-refractivity contribution in [2.24, 2.45) is 5.92 Å². The SMILES string of the molecule is Nc1ccc(NCC2CC=CCC2)nn1. The van der Waals surface area contributed by atoms with Crippen LogP contribution in [0.15, 0.2) is 24.3 Å². The average molecular weight is 204 g/mol. The summed E-state index contributed by atoms with van der Waals surface area (Å²) in [6, 6.07) is 3.62. The number of aromatic nitrogens is 2. The van der Waals surface area contributed by atoms with E-state index in [1.54, 1.807) is 6.07 Å². The number of anilines is 2. The zero-order chi connectivity index (χ0) is 10.5. The number of nitrogens with zero attached hydrogens (tertiary/aromatic N) is 2. The fourth-order valence-corrected chi connectivity index (χ4v) is 1.73. The Morgan fingerprint density at radius 3 is 2.93 bits per heavy atom. The molecule has 0 saturated heterocycles. The van der Waals surface area contributed by atoms with Gasteiger partial charge in [0, 0.05) is 6.54 Å². The topological polar surface area (TPSA) is 63.8 Å². The van der Waals surface area contributed by atoms with Crippen LogP contribution in [0.25, 0.3) is 0 Å². The molecular weight excluding hydrogens is 188 g/mol. The van der Waals surface area contributed by atoms with E-state index in [-0.39, 0.29) is 0 Å². The van der Waals surface area contributed by atoms with E-state index in [0.717, 1.165) is 18.8 Å². The van der Waals surface area contributed by atoms with E-state index in [2.05, 4.69) is 27.7 Å². The molecule has 1 atom stereocenters. The van der Waals surface area contributed by atoms with Crippen LogP contribution >= 0.6 is 0 Å². The normalized spacial score (nSPS) is 20.1. The minimum Gasteiger partial charge on any atom is -0.382 e. The predicted octanol–water partition coefficient (Wildman–Crippen LogP) is 1.83. The lowest BCUT2D eigenvalue weighted by atomic mass is 9.94. The number of hydrogen-bond donors (Lipinski definition) is 2. The smallest absolute Gasteiger partial charge is 0.148 e. The highest BCUT2D eigenvalue weighted by molar-refractivity contribution is 5.38. The Morgan fingerprint density at radius 1 is 1.33 bits per heavy atom. The number of rotatable bonds is 3. The average Bonchev–Trinajstić information content (AvgIpc) is 2.30. The summed E-state index contributed by atoms with van der Waals surface area (Å²) >= 11 is 0. The van der Waals surface area contributed by atoms with Crippen molar-refractivity contribution in [3.63, 3.8) is 0 Å². The molecule has 4 nitrogen and oxygen atoms in total. The van der Waals surface area contributed by atoms with Gasteiger partial charge in [0.2, 0.25) is 0 Å². The Bertz CT molecular complexity index is 331. The molecule has 0 amide bonds. The molecule has 0 fully saturated rings. The van der Waals surface area contributed by atoms with Crippen LogP contribution in [0.5, 0.6) is 0 Å². The minimum absolute atomic E-state index is 0.459. The van der Waals surface area contributed by atoms with Gasteiger partial charge in [-0.15, -0.1) is 10.2 Å². The van der Waals surface area contributed by atoms with E-state index in [9.17, 15) is 0 Å². The lowest BCUT2D eigenvalue weighted by molar-refractivity contribution is 0.503. The third-order valence-electron chi connectivity index (χ3n) is 2.63. The van der Waals surface area contributed by atoms with Crippen LogP contribution in [0.1, 0.15) is 19.3 Å². The summed E-state index contributed by atoms with van der Waals surface area (Å²) in [6.07, 6.45) is 8.12. The van der Waals surface area contributed by atoms with Gasteiger partial charge in [-0.05, 0) is 37.3 Å². The van der Waals surface area contributed by atoms with Crippen LogP contribution in [0, 0.1) is 5.92 Å². The molecule has 80 valence electrons. The Hall–Kier alpha value is -1.58. The second-order valence-corrected chi connectivity index (χ2v) is 3.87. The quantitative estimate of drug-likeness (QED) is 0.737. The van der Waals surface area contributed by atoms with Gasteiger partial charge in [-0.2, -0.15) is 0 Å². The predicted molar refractivity (Wildman–Crippen MR) is 61.4 cm³/mol. The summed E-state index contributed by atoms with van der Waals surface area (Å²) in [5.41, 5.74) is 5.46. The molecule has 4 heteroatoms. The van der Waals surface area contributed by atoms with E-state index < -0.39 is 0 Å². The fraction of sp³-hybridized carbons (Fsp3) is 0.455. The second kappa shape index (κ2) is 4.77. The molecule has 1 aliphatic rings. The Balaban J connectivity index is 1.82. The van der Waals surface area contributed by atoms with Crippen LogP contribution in [0.4, 0.5) is 11.6 Å². The maximum Gasteiger partial charge on any atom is 0.148 e. The summed E-state index contributed by atoms with van der Waals surface area (Å²) in [6.45, 7) is 0.961. The molecule has 2 rings (SSSR count). The fourth-order valence-electron chi connectivity index (χ4n) is 1.73. The molecule has 1 heterocycles. The molecule has 0 spiro atoms. The molecule has 0 aliphatic heterocycles. The number of nitrogens with two attached hydrogens (primary N) is 1. The van der Waals surface area contributed by atoms with E-state index in [4.69, 9.17) is 5.73 Å². The summed E-state index contributed by atoms with van der Waals surface area (Å²) < 4.78 is 0. The first-order valence-corrected chi connectivity index (χ1v) is 5.32. The number of nitrogens with one attached hydrogen (secondary N) is 1. The summed E-state index contributed by atoms with van der Waals surface area (Å²) in [4.78, 5) is 0. The van der Waals surface area contributed by atoms with Crippen molar-refractivity contribution >= 4 is 11.6 Å². The Morgan fingerprint density at radius 2 is 2.27 bits per heavy atom. The van der Waals surface area contributed by atoms with Crippen LogP contribution in [-0.2, 0) is 0 Å². The molecule has 1 aliphatic carbocycles. The molecule has 1 aromatic rings. The van der Waals surface area contributed by atoms with Crippen molar-refractivity contribution in [2.45, 2.75) is 19.3 Å². The third kappa shape index (κ3) is 2.94. The number of hydrogen-bond acceptors (Lipinski definition) is 4. The van der Waals surface area contributed by atoms with Crippen LogP contribution in [-0.4, -0.2) is 16.7 Å². The van der Waals surface area contributed by atoms with Crippen molar-refractivity contribution in [3.05, 3.63) is 24.3 Å². The largest absolute Gasteiger partial charge is 0.382 e. The standard InChI is InChI=1S/C11H16N4/c12-10-6-7-11(15-14-10)13-8-9-4-2-1-3-5-9/h1-2,6-7,9H,3-5,8H2,(H2,12,14)(H,13,15). The van der Waals surface area contributed by atoms with Crippen LogP contribution in [0.3, 0.4) is 0 Å². The zero-order valence-corrected chi connectivity index (χ0v) is 8.69. The van der Waals surface area contributed by atoms with Crippen molar-refractivity contribution in [2.75, 3.05) is 17.6 Å². The van der Waals surface area contributed by atoms with E-state index in [1.165, 1.54) is 12.8 Å². The van der Waals surface area contributed by atoms with E-state index in [1.807, 2.05) is 6.07 Å². The van der Waals surface area contributed by atoms with Crippen molar-refractivity contribution in [3.8, 4) is 0 Å². The van der Waals surface area contributed by atoms with Gasteiger partial charge in [0.1, 0.15) is 11.6 Å². The van der Waals surface area contributed by atoms with Gasteiger partial charge in [0.15, 0.2) is 0 Å². The Kier molecular flexibility index (Phi) is 3.17. The lowest BCUT2D eigenvalue weighted by Crippen LogP contribution is -2.16. The lowest BCUT2D eigenvalue weighted by Gasteiger charge is -2.18. The molecule has 0 bridgehead atoms. The summed E-state index contributed by atoms with van der Waals surface area (Å²) in [5.74, 6) is 1.98. The van der Waals surface area contributed by atoms with Gasteiger partial charge in [-0.25, -0.2) is 0 Å². The summed E-state index contributed by atoms with van der Waals surface area (Å²) in [7, 11) is 0. The molecule has 1 aromatic heterocycles. The first kappa shape index (κ1) is 9.96. The second-order valence-electron chi connectivity index (χ2n) is 3.87. The number of allylic oxidation sites excluding steroid dienone is 2. The van der Waals surface area contributed by atoms with E-state index >= 15 is 0 Å². The van der Waals surface area contributed by atoms with Crippen molar-refractivity contribution in [1.29, 1.82) is 0 Å². The molecular formula is C11H16N4. The van der Waals surface area contributed by atoms with Crippen molar-refractivity contribution in [1.82, 2.24) is 10.2 Å². The maximum absolute atomic E-state index is 5.46. The monoisotopic (exact) mass is 204 g/mol. The molecule has 15 heavy (non-hydrogen) atoms. The summed E-state index contributed by atoms with van der Waals surface area (Å²) in [5, 5.41) is 11.0. The molecule has 0 saturated carbocycles. The molecule has 1 unspecified atom stereocenters. The highest BCUT2D eigenvalue weighted by Crippen LogP contribution is 2.18. The first-order chi connectivity index (χ1) is 7.34. The third-order valence-corrected chi connectivity index (χ3v) is 2.63. The highest BCUT2D eigenvalue weighted by Gasteiger charge is 2.09. The van der Waals surface area contributed by atoms with Crippen LogP contribution in [0.2, 0.25) is 0 Å². The molecule has 3 N–H and O–H groups in total. The van der Waals surface area contributed by atoms with E-state index in [0.29, 0.717) is 11.7 Å².